The molecule has 0 aromatic rings. The lowest BCUT2D eigenvalue weighted by Gasteiger charge is -2.36. The van der Waals surface area contributed by atoms with Gasteiger partial charge in [-0.3, -0.25) is 13.9 Å². The summed E-state index contributed by atoms with van der Waals surface area (Å²) in [4.78, 5) is 10.7. The van der Waals surface area contributed by atoms with Gasteiger partial charge in [-0.05, 0) is 24.8 Å². The van der Waals surface area contributed by atoms with E-state index in [-0.39, 0.29) is 18.5 Å². The Morgan fingerprint density at radius 2 is 2.18 bits per heavy atom. The Hall–Kier alpha value is -0.300. The van der Waals surface area contributed by atoms with Crippen molar-refractivity contribution in [2.24, 2.45) is 0 Å². The molecule has 1 saturated heterocycles. The SMILES string of the molecule is CC(C)N1CC(=O)NS1(O)O. The van der Waals surface area contributed by atoms with E-state index in [1.807, 2.05) is 0 Å². The molecule has 0 spiro atoms. The third kappa shape index (κ3) is 1.64. The van der Waals surface area contributed by atoms with Crippen LogP contribution in [-0.2, 0) is 4.79 Å². The fourth-order valence-corrected chi connectivity index (χ4v) is 2.32. The van der Waals surface area contributed by atoms with Gasteiger partial charge in [0.2, 0.25) is 0 Å². The van der Waals surface area contributed by atoms with Crippen LogP contribution in [0, 0.1) is 0 Å². The van der Waals surface area contributed by atoms with E-state index in [0.717, 1.165) is 0 Å². The third-order valence-electron chi connectivity index (χ3n) is 1.45. The van der Waals surface area contributed by atoms with Gasteiger partial charge in [0.1, 0.15) is 6.54 Å². The summed E-state index contributed by atoms with van der Waals surface area (Å²) < 4.78 is 21.9. The number of carbonyl (C=O) groups is 1. The van der Waals surface area contributed by atoms with Crippen molar-refractivity contribution in [3.05, 3.63) is 0 Å². The van der Waals surface area contributed by atoms with Gasteiger partial charge < -0.3 is 0 Å². The monoisotopic (exact) mass is 180 g/mol. The van der Waals surface area contributed by atoms with Gasteiger partial charge in [-0.25, -0.2) is 4.72 Å². The maximum atomic E-state index is 10.7. The van der Waals surface area contributed by atoms with Gasteiger partial charge in [0.25, 0.3) is 5.91 Å². The van der Waals surface area contributed by atoms with Gasteiger partial charge in [-0.2, -0.15) is 4.31 Å². The molecule has 0 bridgehead atoms. The summed E-state index contributed by atoms with van der Waals surface area (Å²) in [6.45, 7) is 3.67. The zero-order valence-electron chi connectivity index (χ0n) is 6.44. The Morgan fingerprint density at radius 3 is 2.36 bits per heavy atom. The maximum absolute atomic E-state index is 10.7. The van der Waals surface area contributed by atoms with Gasteiger partial charge in [0.15, 0.2) is 0 Å². The molecule has 1 aliphatic rings. The van der Waals surface area contributed by atoms with Crippen LogP contribution in [0.1, 0.15) is 13.8 Å². The third-order valence-corrected chi connectivity index (χ3v) is 3.16. The lowest BCUT2D eigenvalue weighted by Crippen LogP contribution is -2.31. The molecule has 1 fully saturated rings. The molecule has 3 N–H and O–H groups in total. The molecular formula is C5H12N2O3S. The van der Waals surface area contributed by atoms with E-state index in [2.05, 4.69) is 4.72 Å². The minimum atomic E-state index is -3.00. The standard InChI is InChI=1S/C5H12N2O3S/c1-4(2)7-3-5(8)6-11(7,9)10/h4,9-10H,3H2,1-2H3,(H,6,8). The highest BCUT2D eigenvalue weighted by Crippen LogP contribution is 2.43. The molecule has 0 aromatic heterocycles. The molecule has 0 atom stereocenters. The van der Waals surface area contributed by atoms with Crippen LogP contribution in [0.5, 0.6) is 0 Å². The second-order valence-corrected chi connectivity index (χ2v) is 4.42. The average molecular weight is 180 g/mol. The molecular weight excluding hydrogens is 168 g/mol. The minimum Gasteiger partial charge on any atom is -0.272 e. The summed E-state index contributed by atoms with van der Waals surface area (Å²) in [7, 11) is -3.00. The zero-order valence-corrected chi connectivity index (χ0v) is 7.26. The van der Waals surface area contributed by atoms with Crippen LogP contribution in [0.15, 0.2) is 0 Å². The largest absolute Gasteiger partial charge is 0.272 e. The van der Waals surface area contributed by atoms with Crippen LogP contribution in [0.25, 0.3) is 0 Å². The zero-order chi connectivity index (χ0) is 8.65. The smallest absolute Gasteiger partial charge is 0.255 e. The molecule has 1 amide bonds. The van der Waals surface area contributed by atoms with Crippen molar-refractivity contribution in [2.75, 3.05) is 6.54 Å². The lowest BCUT2D eigenvalue weighted by atomic mass is 10.4. The van der Waals surface area contributed by atoms with Gasteiger partial charge in [0.05, 0.1) is 0 Å². The number of nitrogens with zero attached hydrogens (tertiary/aromatic N) is 1. The van der Waals surface area contributed by atoms with Crippen LogP contribution < -0.4 is 4.72 Å². The summed E-state index contributed by atoms with van der Waals surface area (Å²) in [6, 6.07) is -0.0426. The van der Waals surface area contributed by atoms with Crippen molar-refractivity contribution in [2.45, 2.75) is 19.9 Å². The Bertz CT molecular complexity index is 183. The molecule has 6 heteroatoms. The Labute approximate surface area is 67.0 Å². The topological polar surface area (TPSA) is 72.8 Å². The van der Waals surface area contributed by atoms with Crippen LogP contribution in [0.4, 0.5) is 0 Å². The number of hydrogen-bond donors (Lipinski definition) is 3. The van der Waals surface area contributed by atoms with E-state index in [0.29, 0.717) is 0 Å². The van der Waals surface area contributed by atoms with E-state index in [9.17, 15) is 13.9 Å². The Morgan fingerprint density at radius 1 is 1.64 bits per heavy atom. The molecule has 0 saturated carbocycles. The summed E-state index contributed by atoms with van der Waals surface area (Å²) in [5.41, 5.74) is 0. The minimum absolute atomic E-state index is 0.0426. The highest BCUT2D eigenvalue weighted by molar-refractivity contribution is 8.21. The molecule has 1 rings (SSSR count). The summed E-state index contributed by atoms with van der Waals surface area (Å²) in [5, 5.41) is 0. The molecule has 66 valence electrons. The lowest BCUT2D eigenvalue weighted by molar-refractivity contribution is -0.118. The number of amides is 1. The van der Waals surface area contributed by atoms with Crippen molar-refractivity contribution in [1.29, 1.82) is 0 Å². The number of carbonyl (C=O) groups excluding carboxylic acids is 1. The molecule has 11 heavy (non-hydrogen) atoms. The summed E-state index contributed by atoms with van der Waals surface area (Å²) in [6.07, 6.45) is 0. The predicted molar refractivity (Wildman–Crippen MR) is 42.8 cm³/mol. The van der Waals surface area contributed by atoms with E-state index < -0.39 is 11.0 Å². The molecule has 0 unspecified atom stereocenters. The Kier molecular flexibility index (Phi) is 2.10. The Balaban J connectivity index is 2.74. The average Bonchev–Trinajstić information content (AvgIpc) is 2.04. The molecule has 0 aliphatic carbocycles. The first kappa shape index (κ1) is 8.79. The highest BCUT2D eigenvalue weighted by Gasteiger charge is 2.35. The first-order valence-electron chi connectivity index (χ1n) is 3.29. The van der Waals surface area contributed by atoms with Gasteiger partial charge >= 0.3 is 0 Å². The molecule has 0 radical (unpaired) electrons. The fraction of sp³-hybridized carbons (Fsp3) is 0.800. The second kappa shape index (κ2) is 2.63. The van der Waals surface area contributed by atoms with Crippen LogP contribution in [0.2, 0.25) is 0 Å². The van der Waals surface area contributed by atoms with Crippen LogP contribution in [-0.4, -0.2) is 31.9 Å². The van der Waals surface area contributed by atoms with Crippen molar-refractivity contribution in [1.82, 2.24) is 9.03 Å². The van der Waals surface area contributed by atoms with Crippen LogP contribution in [0.3, 0.4) is 0 Å². The number of nitrogens with one attached hydrogen (secondary N) is 1. The quantitative estimate of drug-likeness (QED) is 0.546. The van der Waals surface area contributed by atoms with Gasteiger partial charge in [0, 0.05) is 6.04 Å². The van der Waals surface area contributed by atoms with Crippen molar-refractivity contribution in [3.63, 3.8) is 0 Å². The van der Waals surface area contributed by atoms with E-state index in [1.165, 1.54) is 4.31 Å². The molecule has 5 nitrogen and oxygen atoms in total. The number of hydrogen-bond acceptors (Lipinski definition) is 4. The van der Waals surface area contributed by atoms with Crippen LogP contribution >= 0.6 is 11.0 Å². The summed E-state index contributed by atoms with van der Waals surface area (Å²) >= 11 is 0. The molecule has 1 aliphatic heterocycles. The van der Waals surface area contributed by atoms with Gasteiger partial charge in [-0.15, -0.1) is 0 Å². The molecule has 0 aromatic carbocycles. The van der Waals surface area contributed by atoms with E-state index in [4.69, 9.17) is 0 Å². The van der Waals surface area contributed by atoms with E-state index in [1.54, 1.807) is 13.8 Å². The first-order chi connectivity index (χ1) is 4.93. The normalized spacial score (nSPS) is 27.2. The second-order valence-electron chi connectivity index (χ2n) is 2.71. The van der Waals surface area contributed by atoms with Crippen molar-refractivity contribution < 1.29 is 13.9 Å². The van der Waals surface area contributed by atoms with Crippen molar-refractivity contribution in [3.8, 4) is 0 Å². The van der Waals surface area contributed by atoms with Gasteiger partial charge in [-0.1, -0.05) is 0 Å². The maximum Gasteiger partial charge on any atom is 0.255 e. The fourth-order valence-electron chi connectivity index (χ4n) is 0.952. The summed E-state index contributed by atoms with van der Waals surface area (Å²) in [5.74, 6) is -0.335. The number of rotatable bonds is 1. The molecule has 1 heterocycles. The predicted octanol–water partition coefficient (Wildman–Crippen LogP) is 0.407. The van der Waals surface area contributed by atoms with Crippen molar-refractivity contribution >= 4 is 16.9 Å². The first-order valence-corrected chi connectivity index (χ1v) is 4.79. The highest BCUT2D eigenvalue weighted by atomic mass is 32.3. The van der Waals surface area contributed by atoms with E-state index >= 15 is 0 Å².